The van der Waals surface area contributed by atoms with E-state index in [2.05, 4.69) is 17.1 Å². The van der Waals surface area contributed by atoms with Crippen molar-refractivity contribution in [3.05, 3.63) is 0 Å². The standard InChI is InChI=1S/C10H20N2O/c1-8-2-4-12(5-3-8)9-6-11-7-10(9)13/h8-11,13H,2-7H2,1H3/t9-,10+/m0/s1. The fraction of sp³-hybridized carbons (Fsp3) is 1.00. The summed E-state index contributed by atoms with van der Waals surface area (Å²) in [5.41, 5.74) is 0. The van der Waals surface area contributed by atoms with E-state index in [4.69, 9.17) is 0 Å². The molecule has 3 heteroatoms. The van der Waals surface area contributed by atoms with Gasteiger partial charge in [-0.05, 0) is 31.8 Å². The maximum Gasteiger partial charge on any atom is 0.0831 e. The number of hydrogen-bond donors (Lipinski definition) is 2. The molecule has 3 nitrogen and oxygen atoms in total. The summed E-state index contributed by atoms with van der Waals surface area (Å²) >= 11 is 0. The van der Waals surface area contributed by atoms with Crippen molar-refractivity contribution in [2.75, 3.05) is 26.2 Å². The second-order valence-electron chi connectivity index (χ2n) is 4.51. The number of rotatable bonds is 1. The van der Waals surface area contributed by atoms with Crippen molar-refractivity contribution in [3.8, 4) is 0 Å². The van der Waals surface area contributed by atoms with Gasteiger partial charge in [0.2, 0.25) is 0 Å². The van der Waals surface area contributed by atoms with Gasteiger partial charge in [-0.15, -0.1) is 0 Å². The molecular formula is C10H20N2O. The van der Waals surface area contributed by atoms with Crippen LogP contribution >= 0.6 is 0 Å². The second-order valence-corrected chi connectivity index (χ2v) is 4.51. The molecule has 0 amide bonds. The van der Waals surface area contributed by atoms with Gasteiger partial charge in [-0.3, -0.25) is 4.90 Å². The fourth-order valence-corrected chi connectivity index (χ4v) is 2.38. The lowest BCUT2D eigenvalue weighted by molar-refractivity contribution is 0.0609. The van der Waals surface area contributed by atoms with Crippen molar-refractivity contribution in [2.24, 2.45) is 5.92 Å². The Morgan fingerprint density at radius 3 is 2.46 bits per heavy atom. The summed E-state index contributed by atoms with van der Waals surface area (Å²) in [7, 11) is 0. The molecule has 2 atom stereocenters. The molecule has 0 saturated carbocycles. The molecule has 76 valence electrons. The Kier molecular flexibility index (Phi) is 2.86. The van der Waals surface area contributed by atoms with Crippen LogP contribution in [0.3, 0.4) is 0 Å². The van der Waals surface area contributed by atoms with Crippen LogP contribution in [0.4, 0.5) is 0 Å². The van der Waals surface area contributed by atoms with Gasteiger partial charge in [0, 0.05) is 19.1 Å². The Morgan fingerprint density at radius 1 is 1.23 bits per heavy atom. The van der Waals surface area contributed by atoms with Crippen molar-refractivity contribution >= 4 is 0 Å². The highest BCUT2D eigenvalue weighted by Crippen LogP contribution is 2.20. The third-order valence-electron chi connectivity index (χ3n) is 3.44. The van der Waals surface area contributed by atoms with Gasteiger partial charge in [0.1, 0.15) is 0 Å². The highest BCUT2D eigenvalue weighted by atomic mass is 16.3. The van der Waals surface area contributed by atoms with Gasteiger partial charge < -0.3 is 10.4 Å². The minimum atomic E-state index is -0.145. The summed E-state index contributed by atoms with van der Waals surface area (Å²) in [6.07, 6.45) is 2.44. The fourth-order valence-electron chi connectivity index (χ4n) is 2.38. The van der Waals surface area contributed by atoms with Crippen molar-refractivity contribution in [1.29, 1.82) is 0 Å². The first-order valence-corrected chi connectivity index (χ1v) is 5.40. The molecule has 2 aliphatic rings. The first-order valence-electron chi connectivity index (χ1n) is 5.40. The Morgan fingerprint density at radius 2 is 1.92 bits per heavy atom. The van der Waals surface area contributed by atoms with Crippen molar-refractivity contribution in [2.45, 2.75) is 31.9 Å². The van der Waals surface area contributed by atoms with E-state index in [1.165, 1.54) is 25.9 Å². The summed E-state index contributed by atoms with van der Waals surface area (Å²) in [6, 6.07) is 0.382. The van der Waals surface area contributed by atoms with Crippen LogP contribution in [-0.2, 0) is 0 Å². The molecule has 2 N–H and O–H groups in total. The van der Waals surface area contributed by atoms with Gasteiger partial charge in [0.15, 0.2) is 0 Å². The number of aliphatic hydroxyl groups is 1. The highest BCUT2D eigenvalue weighted by Gasteiger charge is 2.31. The van der Waals surface area contributed by atoms with Gasteiger partial charge in [-0.1, -0.05) is 6.92 Å². The van der Waals surface area contributed by atoms with Crippen LogP contribution in [0.15, 0.2) is 0 Å². The molecule has 0 bridgehead atoms. The van der Waals surface area contributed by atoms with Gasteiger partial charge in [-0.2, -0.15) is 0 Å². The maximum absolute atomic E-state index is 9.70. The van der Waals surface area contributed by atoms with Gasteiger partial charge in [0.05, 0.1) is 6.10 Å². The van der Waals surface area contributed by atoms with E-state index >= 15 is 0 Å². The number of nitrogens with zero attached hydrogens (tertiary/aromatic N) is 1. The lowest BCUT2D eigenvalue weighted by atomic mass is 9.97. The summed E-state index contributed by atoms with van der Waals surface area (Å²) in [5, 5.41) is 12.9. The summed E-state index contributed by atoms with van der Waals surface area (Å²) in [6.45, 7) is 6.40. The Balaban J connectivity index is 1.86. The van der Waals surface area contributed by atoms with Gasteiger partial charge in [0.25, 0.3) is 0 Å². The molecular weight excluding hydrogens is 164 g/mol. The molecule has 0 radical (unpaired) electrons. The Bertz CT molecular complexity index is 166. The number of nitrogens with one attached hydrogen (secondary N) is 1. The minimum absolute atomic E-state index is 0.145. The third-order valence-corrected chi connectivity index (χ3v) is 3.44. The Labute approximate surface area is 80.1 Å². The topological polar surface area (TPSA) is 35.5 Å². The van der Waals surface area contributed by atoms with Crippen LogP contribution in [0, 0.1) is 5.92 Å². The molecule has 2 saturated heterocycles. The molecule has 13 heavy (non-hydrogen) atoms. The van der Waals surface area contributed by atoms with E-state index in [0.29, 0.717) is 6.04 Å². The Hall–Kier alpha value is -0.120. The highest BCUT2D eigenvalue weighted by molar-refractivity contribution is 4.90. The predicted octanol–water partition coefficient (Wildman–Crippen LogP) is 0.0510. The molecule has 2 fully saturated rings. The van der Waals surface area contributed by atoms with Crippen LogP contribution in [0.5, 0.6) is 0 Å². The average molecular weight is 184 g/mol. The normalized spacial score (nSPS) is 38.3. The smallest absolute Gasteiger partial charge is 0.0831 e. The lowest BCUT2D eigenvalue weighted by Gasteiger charge is -2.35. The van der Waals surface area contributed by atoms with E-state index < -0.39 is 0 Å². The molecule has 0 unspecified atom stereocenters. The monoisotopic (exact) mass is 184 g/mol. The molecule has 2 rings (SSSR count). The van der Waals surface area contributed by atoms with Crippen molar-refractivity contribution in [1.82, 2.24) is 10.2 Å². The summed E-state index contributed by atoms with van der Waals surface area (Å²) < 4.78 is 0. The van der Waals surface area contributed by atoms with Crippen molar-refractivity contribution in [3.63, 3.8) is 0 Å². The number of piperidine rings is 1. The number of hydrogen-bond acceptors (Lipinski definition) is 3. The number of aliphatic hydroxyl groups excluding tert-OH is 1. The van der Waals surface area contributed by atoms with E-state index in [9.17, 15) is 5.11 Å². The van der Waals surface area contributed by atoms with E-state index in [-0.39, 0.29) is 6.10 Å². The molecule has 0 aromatic carbocycles. The van der Waals surface area contributed by atoms with Crippen LogP contribution < -0.4 is 5.32 Å². The van der Waals surface area contributed by atoms with Crippen LogP contribution in [0.25, 0.3) is 0 Å². The van der Waals surface area contributed by atoms with Crippen molar-refractivity contribution < 1.29 is 5.11 Å². The first kappa shape index (κ1) is 9.44. The molecule has 0 aromatic rings. The minimum Gasteiger partial charge on any atom is -0.390 e. The molecule has 0 spiro atoms. The zero-order chi connectivity index (χ0) is 9.26. The molecule has 0 aromatic heterocycles. The number of likely N-dealkylation sites (tertiary alicyclic amines) is 1. The van der Waals surface area contributed by atoms with Gasteiger partial charge in [-0.25, -0.2) is 0 Å². The maximum atomic E-state index is 9.70. The molecule has 2 heterocycles. The predicted molar refractivity (Wildman–Crippen MR) is 52.6 cm³/mol. The first-order chi connectivity index (χ1) is 6.27. The number of β-amino-alcohol motifs (C(OH)–C–C–N with tert-alkyl or cyclic N) is 1. The molecule has 2 aliphatic heterocycles. The molecule has 0 aliphatic carbocycles. The second kappa shape index (κ2) is 3.95. The largest absolute Gasteiger partial charge is 0.390 e. The van der Waals surface area contributed by atoms with Crippen LogP contribution in [0.2, 0.25) is 0 Å². The van der Waals surface area contributed by atoms with Crippen LogP contribution in [-0.4, -0.2) is 48.3 Å². The third kappa shape index (κ3) is 2.03. The summed E-state index contributed by atoms with van der Waals surface area (Å²) in [4.78, 5) is 2.45. The van der Waals surface area contributed by atoms with E-state index in [0.717, 1.165) is 19.0 Å². The zero-order valence-electron chi connectivity index (χ0n) is 8.37. The van der Waals surface area contributed by atoms with E-state index in [1.54, 1.807) is 0 Å². The quantitative estimate of drug-likeness (QED) is 0.604. The zero-order valence-corrected chi connectivity index (χ0v) is 8.37. The average Bonchev–Trinajstić information content (AvgIpc) is 2.53. The summed E-state index contributed by atoms with van der Waals surface area (Å²) in [5.74, 6) is 0.878. The SMILES string of the molecule is CC1CCN([C@H]2CNC[C@H]2O)CC1. The van der Waals surface area contributed by atoms with Crippen LogP contribution in [0.1, 0.15) is 19.8 Å². The van der Waals surface area contributed by atoms with Gasteiger partial charge >= 0.3 is 0 Å². The van der Waals surface area contributed by atoms with E-state index in [1.807, 2.05) is 0 Å². The lowest BCUT2D eigenvalue weighted by Crippen LogP contribution is -2.46.